The number of nitrogens with zero attached hydrogens (tertiary/aromatic N) is 4. The number of rotatable bonds is 4. The van der Waals surface area contributed by atoms with Crippen molar-refractivity contribution in [3.63, 3.8) is 0 Å². The van der Waals surface area contributed by atoms with Crippen LogP contribution in [0.4, 0.5) is 0 Å². The fraction of sp³-hybridized carbons (Fsp3) is 0.462. The molecule has 2 aromatic rings. The maximum Gasteiger partial charge on any atom is 0.241 e. The molecule has 0 atom stereocenters. The lowest BCUT2D eigenvalue weighted by Crippen LogP contribution is -2.25. The Morgan fingerprint density at radius 1 is 1.42 bits per heavy atom. The molecule has 0 unspecified atom stereocenters. The summed E-state index contributed by atoms with van der Waals surface area (Å²) in [6.45, 7) is 6.86. The first kappa shape index (κ1) is 14.1. The van der Waals surface area contributed by atoms with E-state index >= 15 is 0 Å². The van der Waals surface area contributed by atoms with E-state index in [2.05, 4.69) is 49.8 Å². The predicted molar refractivity (Wildman–Crippen MR) is 76.6 cm³/mol. The van der Waals surface area contributed by atoms with Gasteiger partial charge in [0.2, 0.25) is 11.7 Å². The van der Waals surface area contributed by atoms with Crippen LogP contribution in [0, 0.1) is 6.92 Å². The lowest BCUT2D eigenvalue weighted by Gasteiger charge is -2.17. The topological polar surface area (TPSA) is 55.1 Å². The van der Waals surface area contributed by atoms with E-state index in [4.69, 9.17) is 4.52 Å². The highest BCUT2D eigenvalue weighted by Crippen LogP contribution is 2.21. The van der Waals surface area contributed by atoms with Crippen LogP contribution in [0.2, 0.25) is 0 Å². The van der Waals surface area contributed by atoms with Crippen molar-refractivity contribution in [1.29, 1.82) is 0 Å². The summed E-state index contributed by atoms with van der Waals surface area (Å²) in [7, 11) is 2.03. The summed E-state index contributed by atoms with van der Waals surface area (Å²) in [6, 6.07) is 2.42. The van der Waals surface area contributed by atoms with Gasteiger partial charge in [-0.2, -0.15) is 4.98 Å². The molecule has 0 aliphatic carbocycles. The van der Waals surface area contributed by atoms with Gasteiger partial charge in [-0.3, -0.25) is 9.88 Å². The first-order valence-corrected chi connectivity index (χ1v) is 6.92. The SMILES string of the molecule is Cc1cc(Br)cnc1-c1noc(CN(C)C(C)C)n1. The summed E-state index contributed by atoms with van der Waals surface area (Å²) >= 11 is 3.39. The third kappa shape index (κ3) is 3.39. The maximum absolute atomic E-state index is 5.27. The van der Waals surface area contributed by atoms with Crippen molar-refractivity contribution in [2.45, 2.75) is 33.4 Å². The maximum atomic E-state index is 5.27. The number of halogens is 1. The summed E-state index contributed by atoms with van der Waals surface area (Å²) in [4.78, 5) is 10.9. The number of pyridine rings is 1. The van der Waals surface area contributed by atoms with Crippen molar-refractivity contribution in [1.82, 2.24) is 20.0 Å². The second kappa shape index (κ2) is 5.79. The van der Waals surface area contributed by atoms with Gasteiger partial charge in [0.05, 0.1) is 6.54 Å². The molecule has 0 N–H and O–H groups in total. The minimum Gasteiger partial charge on any atom is -0.337 e. The highest BCUT2D eigenvalue weighted by atomic mass is 79.9. The van der Waals surface area contributed by atoms with Crippen molar-refractivity contribution in [3.8, 4) is 11.5 Å². The fourth-order valence-electron chi connectivity index (χ4n) is 1.59. The number of aromatic nitrogens is 3. The molecular weight excluding hydrogens is 308 g/mol. The van der Waals surface area contributed by atoms with Crippen LogP contribution in [0.25, 0.3) is 11.5 Å². The molecule has 102 valence electrons. The van der Waals surface area contributed by atoms with Crippen LogP contribution >= 0.6 is 15.9 Å². The van der Waals surface area contributed by atoms with Crippen molar-refractivity contribution in [3.05, 3.63) is 28.2 Å². The molecule has 6 heteroatoms. The average molecular weight is 325 g/mol. The smallest absolute Gasteiger partial charge is 0.241 e. The largest absolute Gasteiger partial charge is 0.337 e. The van der Waals surface area contributed by atoms with E-state index in [1.54, 1.807) is 6.20 Å². The second-order valence-electron chi connectivity index (χ2n) is 4.84. The fourth-order valence-corrected chi connectivity index (χ4v) is 2.03. The Morgan fingerprint density at radius 3 is 2.79 bits per heavy atom. The van der Waals surface area contributed by atoms with E-state index in [1.807, 2.05) is 20.0 Å². The lowest BCUT2D eigenvalue weighted by atomic mass is 10.2. The zero-order chi connectivity index (χ0) is 14.0. The second-order valence-corrected chi connectivity index (χ2v) is 5.76. The van der Waals surface area contributed by atoms with Crippen molar-refractivity contribution in [2.24, 2.45) is 0 Å². The van der Waals surface area contributed by atoms with Gasteiger partial charge >= 0.3 is 0 Å². The Labute approximate surface area is 121 Å². The molecule has 0 spiro atoms. The zero-order valence-corrected chi connectivity index (χ0v) is 13.1. The van der Waals surface area contributed by atoms with Crippen molar-refractivity contribution in [2.75, 3.05) is 7.05 Å². The number of hydrogen-bond donors (Lipinski definition) is 0. The zero-order valence-electron chi connectivity index (χ0n) is 11.5. The monoisotopic (exact) mass is 324 g/mol. The molecule has 2 aromatic heterocycles. The third-order valence-electron chi connectivity index (χ3n) is 2.99. The lowest BCUT2D eigenvalue weighted by molar-refractivity contribution is 0.226. The first-order valence-electron chi connectivity index (χ1n) is 6.12. The molecule has 0 fully saturated rings. The third-order valence-corrected chi connectivity index (χ3v) is 3.42. The summed E-state index contributed by atoms with van der Waals surface area (Å²) in [6.07, 6.45) is 1.73. The summed E-state index contributed by atoms with van der Waals surface area (Å²) in [5, 5.41) is 4.00. The van der Waals surface area contributed by atoms with Crippen LogP contribution in [0.1, 0.15) is 25.3 Å². The normalized spacial score (nSPS) is 11.5. The Kier molecular flexibility index (Phi) is 4.31. The summed E-state index contributed by atoms with van der Waals surface area (Å²) in [5.41, 5.74) is 1.77. The van der Waals surface area contributed by atoms with E-state index in [9.17, 15) is 0 Å². The van der Waals surface area contributed by atoms with Gasteiger partial charge in [0.25, 0.3) is 0 Å². The van der Waals surface area contributed by atoms with Gasteiger partial charge in [-0.15, -0.1) is 0 Å². The standard InChI is InChI=1S/C13H17BrN4O/c1-8(2)18(4)7-11-16-13(17-19-11)12-9(3)5-10(14)6-15-12/h5-6,8H,7H2,1-4H3. The summed E-state index contributed by atoms with van der Waals surface area (Å²) in [5.74, 6) is 1.15. The molecule has 19 heavy (non-hydrogen) atoms. The van der Waals surface area contributed by atoms with E-state index in [-0.39, 0.29) is 0 Å². The Balaban J connectivity index is 2.21. The van der Waals surface area contributed by atoms with Gasteiger partial charge in [0.15, 0.2) is 0 Å². The minimum atomic E-state index is 0.433. The van der Waals surface area contributed by atoms with Gasteiger partial charge in [-0.1, -0.05) is 5.16 Å². The van der Waals surface area contributed by atoms with Crippen LogP contribution in [-0.2, 0) is 6.54 Å². The molecule has 2 heterocycles. The number of hydrogen-bond acceptors (Lipinski definition) is 5. The van der Waals surface area contributed by atoms with Crippen LogP contribution in [0.3, 0.4) is 0 Å². The molecule has 0 amide bonds. The Morgan fingerprint density at radius 2 is 2.16 bits per heavy atom. The van der Waals surface area contributed by atoms with Gasteiger partial charge < -0.3 is 4.52 Å². The number of aryl methyl sites for hydroxylation is 1. The predicted octanol–water partition coefficient (Wildman–Crippen LogP) is 3.04. The molecular formula is C13H17BrN4O. The van der Waals surface area contributed by atoms with E-state index in [1.165, 1.54) is 0 Å². The van der Waals surface area contributed by atoms with E-state index in [0.29, 0.717) is 24.3 Å². The van der Waals surface area contributed by atoms with Crippen molar-refractivity contribution >= 4 is 15.9 Å². The molecule has 0 saturated heterocycles. The molecule has 5 nitrogen and oxygen atoms in total. The average Bonchev–Trinajstić information content (AvgIpc) is 2.77. The van der Waals surface area contributed by atoms with E-state index in [0.717, 1.165) is 15.7 Å². The summed E-state index contributed by atoms with van der Waals surface area (Å²) < 4.78 is 6.21. The highest BCUT2D eigenvalue weighted by molar-refractivity contribution is 9.10. The van der Waals surface area contributed by atoms with Gasteiger partial charge in [-0.25, -0.2) is 0 Å². The molecule has 2 rings (SSSR count). The quantitative estimate of drug-likeness (QED) is 0.865. The molecule has 0 aromatic carbocycles. The van der Waals surface area contributed by atoms with Gasteiger partial charge in [0.1, 0.15) is 5.69 Å². The van der Waals surface area contributed by atoms with E-state index < -0.39 is 0 Å². The Bertz CT molecular complexity index is 568. The van der Waals surface area contributed by atoms with Crippen molar-refractivity contribution < 1.29 is 4.52 Å². The van der Waals surface area contributed by atoms with Crippen LogP contribution in [0.15, 0.2) is 21.3 Å². The molecule has 0 bridgehead atoms. The minimum absolute atomic E-state index is 0.433. The Hall–Kier alpha value is -1.27. The molecule has 0 aliphatic heterocycles. The molecule has 0 aliphatic rings. The first-order chi connectivity index (χ1) is 8.97. The van der Waals surface area contributed by atoms with Crippen LogP contribution < -0.4 is 0 Å². The van der Waals surface area contributed by atoms with Crippen LogP contribution in [-0.4, -0.2) is 33.1 Å². The molecule has 0 saturated carbocycles. The van der Waals surface area contributed by atoms with Gasteiger partial charge in [-0.05, 0) is 55.4 Å². The highest BCUT2D eigenvalue weighted by Gasteiger charge is 2.14. The van der Waals surface area contributed by atoms with Crippen LogP contribution in [0.5, 0.6) is 0 Å². The molecule has 0 radical (unpaired) electrons. The van der Waals surface area contributed by atoms with Gasteiger partial charge in [0, 0.05) is 16.7 Å².